The highest BCUT2D eigenvalue weighted by atomic mass is 32.2. The first-order chi connectivity index (χ1) is 8.99. The van der Waals surface area contributed by atoms with Gasteiger partial charge in [-0.1, -0.05) is 6.07 Å². The van der Waals surface area contributed by atoms with E-state index in [4.69, 9.17) is 0 Å². The lowest BCUT2D eigenvalue weighted by atomic mass is 10.3. The van der Waals surface area contributed by atoms with Gasteiger partial charge in [0.05, 0.1) is 27.9 Å². The van der Waals surface area contributed by atoms with Gasteiger partial charge in [-0.2, -0.15) is 0 Å². The van der Waals surface area contributed by atoms with Gasteiger partial charge >= 0.3 is 0 Å². The van der Waals surface area contributed by atoms with Gasteiger partial charge in [0.15, 0.2) is 0 Å². The van der Waals surface area contributed by atoms with E-state index in [1.807, 2.05) is 0 Å². The fraction of sp³-hybridized carbons (Fsp3) is 0. The Morgan fingerprint density at radius 1 is 1.21 bits per heavy atom. The zero-order chi connectivity index (χ0) is 13.9. The summed E-state index contributed by atoms with van der Waals surface area (Å²) in [5.74, 6) is 0. The average molecular weight is 280 g/mol. The van der Waals surface area contributed by atoms with Gasteiger partial charge in [-0.3, -0.25) is 14.8 Å². The van der Waals surface area contributed by atoms with Gasteiger partial charge in [0, 0.05) is 12.1 Å². The van der Waals surface area contributed by atoms with Gasteiger partial charge in [-0.25, -0.2) is 18.4 Å². The van der Waals surface area contributed by atoms with Crippen molar-refractivity contribution in [3.8, 4) is 0 Å². The zero-order valence-corrected chi connectivity index (χ0v) is 10.2. The van der Waals surface area contributed by atoms with Crippen molar-refractivity contribution in [1.29, 1.82) is 0 Å². The lowest BCUT2D eigenvalue weighted by molar-refractivity contribution is -0.385. The minimum Gasteiger partial charge on any atom is -0.276 e. The van der Waals surface area contributed by atoms with E-state index in [0.717, 1.165) is 6.07 Å². The highest BCUT2D eigenvalue weighted by molar-refractivity contribution is 7.92. The van der Waals surface area contributed by atoms with Crippen LogP contribution < -0.4 is 4.72 Å². The van der Waals surface area contributed by atoms with E-state index in [0.29, 0.717) is 0 Å². The third-order valence-corrected chi connectivity index (χ3v) is 3.53. The number of nitrogens with zero attached hydrogens (tertiary/aromatic N) is 3. The largest absolute Gasteiger partial charge is 0.276 e. The maximum Gasteiger partial charge on any atom is 0.270 e. The third-order valence-electron chi connectivity index (χ3n) is 2.15. The zero-order valence-electron chi connectivity index (χ0n) is 9.42. The molecule has 9 heteroatoms. The van der Waals surface area contributed by atoms with Crippen LogP contribution in [0, 0.1) is 10.1 Å². The average Bonchev–Trinajstić information content (AvgIpc) is 2.39. The van der Waals surface area contributed by atoms with Crippen molar-refractivity contribution in [3.63, 3.8) is 0 Å². The summed E-state index contributed by atoms with van der Waals surface area (Å²) >= 11 is 0. The first-order valence-electron chi connectivity index (χ1n) is 5.01. The van der Waals surface area contributed by atoms with Crippen molar-refractivity contribution >= 4 is 21.4 Å². The smallest absolute Gasteiger partial charge is 0.270 e. The van der Waals surface area contributed by atoms with E-state index in [1.165, 1.54) is 36.9 Å². The monoisotopic (exact) mass is 280 g/mol. The molecule has 0 aliphatic heterocycles. The van der Waals surface area contributed by atoms with Crippen molar-refractivity contribution in [3.05, 3.63) is 53.1 Å². The molecule has 0 spiro atoms. The molecule has 8 nitrogen and oxygen atoms in total. The number of nitro groups is 1. The summed E-state index contributed by atoms with van der Waals surface area (Å²) in [6, 6.07) is 4.75. The molecule has 2 aromatic rings. The summed E-state index contributed by atoms with van der Waals surface area (Å²) in [5.41, 5.74) is -0.124. The Balaban J connectivity index is 2.35. The summed E-state index contributed by atoms with van der Waals surface area (Å²) in [5, 5.41) is 10.6. The number of hydrogen-bond donors (Lipinski definition) is 1. The number of nitro benzene ring substituents is 1. The molecule has 0 saturated carbocycles. The molecule has 1 aromatic carbocycles. The van der Waals surface area contributed by atoms with E-state index >= 15 is 0 Å². The maximum absolute atomic E-state index is 12.0. The molecule has 0 fully saturated rings. The molecule has 19 heavy (non-hydrogen) atoms. The quantitative estimate of drug-likeness (QED) is 0.664. The van der Waals surface area contributed by atoms with Gasteiger partial charge in [0.25, 0.3) is 15.7 Å². The molecule has 0 bridgehead atoms. The molecule has 1 N–H and O–H groups in total. The molecular formula is C10H8N4O4S. The van der Waals surface area contributed by atoms with Crippen LogP contribution in [0.2, 0.25) is 0 Å². The molecule has 0 atom stereocenters. The number of rotatable bonds is 4. The number of hydrogen-bond acceptors (Lipinski definition) is 6. The first kappa shape index (κ1) is 12.9. The summed E-state index contributed by atoms with van der Waals surface area (Å²) in [6.45, 7) is 0. The van der Waals surface area contributed by atoms with Gasteiger partial charge < -0.3 is 0 Å². The van der Waals surface area contributed by atoms with Crippen LogP contribution in [0.4, 0.5) is 11.4 Å². The second kappa shape index (κ2) is 4.98. The predicted molar refractivity (Wildman–Crippen MR) is 65.9 cm³/mol. The second-order valence-corrected chi connectivity index (χ2v) is 5.17. The van der Waals surface area contributed by atoms with Crippen LogP contribution in [-0.2, 0) is 10.0 Å². The van der Waals surface area contributed by atoms with Crippen LogP contribution in [0.15, 0.2) is 47.9 Å². The van der Waals surface area contributed by atoms with E-state index in [9.17, 15) is 18.5 Å². The summed E-state index contributed by atoms with van der Waals surface area (Å²) in [7, 11) is -3.90. The Labute approximate surface area is 108 Å². The molecular weight excluding hydrogens is 272 g/mol. The number of nitrogens with one attached hydrogen (secondary N) is 1. The van der Waals surface area contributed by atoms with Gasteiger partial charge in [0.2, 0.25) is 0 Å². The van der Waals surface area contributed by atoms with E-state index < -0.39 is 14.9 Å². The van der Waals surface area contributed by atoms with Crippen molar-refractivity contribution in [2.24, 2.45) is 0 Å². The minimum atomic E-state index is -3.90. The SMILES string of the molecule is O=[N+]([O-])c1cccc(S(=O)(=O)Nc2cncnc2)c1. The third kappa shape index (κ3) is 3.01. The highest BCUT2D eigenvalue weighted by Crippen LogP contribution is 2.19. The molecule has 0 saturated heterocycles. The molecule has 2 rings (SSSR count). The number of sulfonamides is 1. The maximum atomic E-state index is 12.0. The Morgan fingerprint density at radius 3 is 2.53 bits per heavy atom. The molecule has 0 unspecified atom stereocenters. The number of anilines is 1. The van der Waals surface area contributed by atoms with Crippen LogP contribution in [0.3, 0.4) is 0 Å². The standard InChI is InChI=1S/C10H8N4O4S/c15-14(16)9-2-1-3-10(4-9)19(17,18)13-8-5-11-7-12-6-8/h1-7,13H. The fourth-order valence-corrected chi connectivity index (χ4v) is 2.40. The lowest BCUT2D eigenvalue weighted by Crippen LogP contribution is -2.13. The Morgan fingerprint density at radius 2 is 1.89 bits per heavy atom. The van der Waals surface area contributed by atoms with Gasteiger partial charge in [-0.05, 0) is 6.07 Å². The Bertz CT molecular complexity index is 702. The number of benzene rings is 1. The summed E-state index contributed by atoms with van der Waals surface area (Å²) < 4.78 is 26.2. The van der Waals surface area contributed by atoms with Crippen molar-refractivity contribution in [2.75, 3.05) is 4.72 Å². The van der Waals surface area contributed by atoms with Crippen molar-refractivity contribution in [2.45, 2.75) is 4.90 Å². The Kier molecular flexibility index (Phi) is 3.38. The first-order valence-corrected chi connectivity index (χ1v) is 6.50. The molecule has 0 aliphatic carbocycles. The van der Waals surface area contributed by atoms with Crippen LogP contribution >= 0.6 is 0 Å². The number of aromatic nitrogens is 2. The normalized spacial score (nSPS) is 10.9. The molecule has 1 heterocycles. The topological polar surface area (TPSA) is 115 Å². The van der Waals surface area contributed by atoms with Crippen LogP contribution in [-0.4, -0.2) is 23.3 Å². The van der Waals surface area contributed by atoms with E-state index in [2.05, 4.69) is 14.7 Å². The van der Waals surface area contributed by atoms with Crippen LogP contribution in [0.25, 0.3) is 0 Å². The molecule has 0 aliphatic rings. The Hall–Kier alpha value is -2.55. The molecule has 98 valence electrons. The number of non-ortho nitro benzene ring substituents is 1. The van der Waals surface area contributed by atoms with Gasteiger partial charge in [0.1, 0.15) is 6.33 Å². The molecule has 0 radical (unpaired) electrons. The fourth-order valence-electron chi connectivity index (χ4n) is 1.33. The van der Waals surface area contributed by atoms with Gasteiger partial charge in [-0.15, -0.1) is 0 Å². The summed E-state index contributed by atoms with van der Waals surface area (Å²) in [4.78, 5) is 17.1. The van der Waals surface area contributed by atoms with Crippen molar-refractivity contribution < 1.29 is 13.3 Å². The van der Waals surface area contributed by atoms with E-state index in [1.54, 1.807) is 0 Å². The predicted octanol–water partition coefficient (Wildman–Crippen LogP) is 1.19. The summed E-state index contributed by atoms with van der Waals surface area (Å²) in [6.07, 6.45) is 3.81. The lowest BCUT2D eigenvalue weighted by Gasteiger charge is -2.06. The van der Waals surface area contributed by atoms with E-state index in [-0.39, 0.29) is 16.3 Å². The van der Waals surface area contributed by atoms with Crippen LogP contribution in [0.1, 0.15) is 0 Å². The van der Waals surface area contributed by atoms with Crippen LogP contribution in [0.5, 0.6) is 0 Å². The second-order valence-electron chi connectivity index (χ2n) is 3.49. The highest BCUT2D eigenvalue weighted by Gasteiger charge is 2.17. The minimum absolute atomic E-state index is 0.175. The van der Waals surface area contributed by atoms with Crippen molar-refractivity contribution in [1.82, 2.24) is 9.97 Å². The molecule has 1 aromatic heterocycles. The molecule has 0 amide bonds.